The van der Waals surface area contributed by atoms with Gasteiger partial charge in [0.1, 0.15) is 6.10 Å². The highest BCUT2D eigenvalue weighted by atomic mass is 32.2. The van der Waals surface area contributed by atoms with Gasteiger partial charge in [-0.15, -0.1) is 0 Å². The van der Waals surface area contributed by atoms with Crippen LogP contribution in [0.1, 0.15) is 31.7 Å². The predicted molar refractivity (Wildman–Crippen MR) is 93.9 cm³/mol. The number of amides is 1. The van der Waals surface area contributed by atoms with Crippen LogP contribution in [0, 0.1) is 0 Å². The molecule has 0 aromatic carbocycles. The summed E-state index contributed by atoms with van der Waals surface area (Å²) in [6.45, 7) is 7.18. The summed E-state index contributed by atoms with van der Waals surface area (Å²) in [6, 6.07) is 0. The van der Waals surface area contributed by atoms with Gasteiger partial charge >= 0.3 is 0 Å². The summed E-state index contributed by atoms with van der Waals surface area (Å²) < 4.78 is 5.54. The molecular weight excluding hydrogens is 324 g/mol. The Morgan fingerprint density at radius 1 is 1.25 bits per heavy atom. The molecule has 132 valence electrons. The predicted octanol–water partition coefficient (Wildman–Crippen LogP) is 1.80. The van der Waals surface area contributed by atoms with E-state index < -0.39 is 0 Å². The van der Waals surface area contributed by atoms with Gasteiger partial charge in [0.05, 0.1) is 0 Å². The van der Waals surface area contributed by atoms with Gasteiger partial charge in [0.15, 0.2) is 5.16 Å². The topological polar surface area (TPSA) is 58.6 Å². The van der Waals surface area contributed by atoms with Gasteiger partial charge in [-0.2, -0.15) is 0 Å². The average molecular weight is 350 g/mol. The highest BCUT2D eigenvalue weighted by Crippen LogP contribution is 2.17. The van der Waals surface area contributed by atoms with Crippen LogP contribution in [0.5, 0.6) is 0 Å². The second kappa shape index (κ2) is 8.78. The molecule has 3 rings (SSSR count). The first kappa shape index (κ1) is 17.6. The summed E-state index contributed by atoms with van der Waals surface area (Å²) >= 11 is 1.66. The number of hydrogen-bond donors (Lipinski definition) is 0. The fraction of sp³-hybridized carbons (Fsp3) is 0.706. The summed E-state index contributed by atoms with van der Waals surface area (Å²) in [5.74, 6) is 1.17. The van der Waals surface area contributed by atoms with E-state index in [1.54, 1.807) is 11.8 Å². The van der Waals surface area contributed by atoms with Crippen molar-refractivity contribution in [2.45, 2.75) is 44.0 Å². The Bertz CT molecular complexity index is 534. The molecule has 0 bridgehead atoms. The lowest BCUT2D eigenvalue weighted by molar-refractivity contribution is -0.140. The van der Waals surface area contributed by atoms with Crippen molar-refractivity contribution in [2.75, 3.05) is 38.5 Å². The van der Waals surface area contributed by atoms with Gasteiger partial charge in [-0.1, -0.05) is 18.7 Å². The molecule has 1 unspecified atom stereocenters. The normalized spacial score (nSPS) is 22.5. The van der Waals surface area contributed by atoms with Gasteiger partial charge in [-0.05, 0) is 25.0 Å². The van der Waals surface area contributed by atoms with Crippen LogP contribution < -0.4 is 0 Å². The van der Waals surface area contributed by atoms with E-state index in [0.717, 1.165) is 75.1 Å². The third-order valence-electron chi connectivity index (χ3n) is 4.47. The lowest BCUT2D eigenvalue weighted by atomic mass is 10.2. The number of nitrogens with zero attached hydrogens (tertiary/aromatic N) is 4. The Kier molecular flexibility index (Phi) is 6.45. The zero-order valence-electron chi connectivity index (χ0n) is 14.3. The molecule has 24 heavy (non-hydrogen) atoms. The van der Waals surface area contributed by atoms with Crippen LogP contribution in [0.2, 0.25) is 0 Å². The minimum atomic E-state index is -0.200. The SMILES string of the molecule is CCSc1ncc(CN2CCCN(C(=O)C3CCCO3)CC2)cn1. The fourth-order valence-electron chi connectivity index (χ4n) is 3.21. The van der Waals surface area contributed by atoms with Crippen LogP contribution >= 0.6 is 11.8 Å². The van der Waals surface area contributed by atoms with E-state index in [4.69, 9.17) is 4.74 Å². The molecule has 1 aromatic rings. The minimum Gasteiger partial charge on any atom is -0.368 e. The monoisotopic (exact) mass is 350 g/mol. The summed E-state index contributed by atoms with van der Waals surface area (Å²) in [5, 5.41) is 0.838. The Morgan fingerprint density at radius 3 is 2.79 bits per heavy atom. The van der Waals surface area contributed by atoms with Gasteiger partial charge in [-0.25, -0.2) is 9.97 Å². The van der Waals surface area contributed by atoms with Gasteiger partial charge < -0.3 is 9.64 Å². The van der Waals surface area contributed by atoms with Crippen LogP contribution in [-0.4, -0.2) is 70.3 Å². The summed E-state index contributed by atoms with van der Waals surface area (Å²) in [6.07, 6.45) is 6.52. The highest BCUT2D eigenvalue weighted by molar-refractivity contribution is 7.99. The van der Waals surface area contributed by atoms with Crippen LogP contribution in [-0.2, 0) is 16.1 Å². The van der Waals surface area contributed by atoms with Crippen molar-refractivity contribution in [1.82, 2.24) is 19.8 Å². The van der Waals surface area contributed by atoms with Gasteiger partial charge in [0.2, 0.25) is 0 Å². The average Bonchev–Trinajstić information content (AvgIpc) is 3.04. The number of ether oxygens (including phenoxy) is 1. The first-order chi connectivity index (χ1) is 11.8. The molecule has 1 atom stereocenters. The van der Waals surface area contributed by atoms with Crippen molar-refractivity contribution < 1.29 is 9.53 Å². The summed E-state index contributed by atoms with van der Waals surface area (Å²) in [5.41, 5.74) is 1.13. The molecular formula is C17H26N4O2S. The van der Waals surface area contributed by atoms with E-state index in [2.05, 4.69) is 21.8 Å². The minimum absolute atomic E-state index is 0.179. The van der Waals surface area contributed by atoms with Crippen molar-refractivity contribution in [3.05, 3.63) is 18.0 Å². The quantitative estimate of drug-likeness (QED) is 0.596. The third-order valence-corrected chi connectivity index (χ3v) is 5.22. The molecule has 2 aliphatic rings. The van der Waals surface area contributed by atoms with E-state index in [9.17, 15) is 4.79 Å². The van der Waals surface area contributed by atoms with Crippen molar-refractivity contribution in [2.24, 2.45) is 0 Å². The maximum Gasteiger partial charge on any atom is 0.251 e. The van der Waals surface area contributed by atoms with E-state index in [-0.39, 0.29) is 12.0 Å². The number of carbonyl (C=O) groups is 1. The van der Waals surface area contributed by atoms with Crippen molar-refractivity contribution in [3.63, 3.8) is 0 Å². The number of aromatic nitrogens is 2. The Hall–Kier alpha value is -1.18. The number of thioether (sulfide) groups is 1. The van der Waals surface area contributed by atoms with Crippen LogP contribution in [0.25, 0.3) is 0 Å². The molecule has 3 heterocycles. The molecule has 0 aliphatic carbocycles. The molecule has 1 amide bonds. The van der Waals surface area contributed by atoms with E-state index >= 15 is 0 Å². The molecule has 0 spiro atoms. The lowest BCUT2D eigenvalue weighted by Gasteiger charge is -2.24. The smallest absolute Gasteiger partial charge is 0.251 e. The second-order valence-corrected chi connectivity index (χ2v) is 7.49. The third kappa shape index (κ3) is 4.68. The molecule has 0 radical (unpaired) electrons. The molecule has 1 aromatic heterocycles. The number of hydrogen-bond acceptors (Lipinski definition) is 6. The van der Waals surface area contributed by atoms with E-state index in [1.165, 1.54) is 0 Å². The van der Waals surface area contributed by atoms with Crippen LogP contribution in [0.3, 0.4) is 0 Å². The van der Waals surface area contributed by atoms with Crippen LogP contribution in [0.15, 0.2) is 17.6 Å². The zero-order chi connectivity index (χ0) is 16.8. The van der Waals surface area contributed by atoms with Gasteiger partial charge in [0.25, 0.3) is 5.91 Å². The van der Waals surface area contributed by atoms with Crippen molar-refractivity contribution in [1.29, 1.82) is 0 Å². The maximum atomic E-state index is 12.5. The Labute approximate surface area is 148 Å². The summed E-state index contributed by atoms with van der Waals surface area (Å²) in [7, 11) is 0. The molecule has 2 aliphatic heterocycles. The number of rotatable bonds is 5. The molecule has 0 N–H and O–H groups in total. The standard InChI is InChI=1S/C17H26N4O2S/c1-2-24-17-18-11-14(12-19-17)13-20-6-4-7-21(9-8-20)16(22)15-5-3-10-23-15/h11-12,15H,2-10,13H2,1H3. The van der Waals surface area contributed by atoms with Crippen molar-refractivity contribution >= 4 is 17.7 Å². The van der Waals surface area contributed by atoms with E-state index in [1.807, 2.05) is 17.3 Å². The Morgan fingerprint density at radius 2 is 2.08 bits per heavy atom. The van der Waals surface area contributed by atoms with Crippen molar-refractivity contribution in [3.8, 4) is 0 Å². The Balaban J connectivity index is 1.50. The highest BCUT2D eigenvalue weighted by Gasteiger charge is 2.29. The largest absolute Gasteiger partial charge is 0.368 e. The van der Waals surface area contributed by atoms with E-state index in [0.29, 0.717) is 0 Å². The second-order valence-electron chi connectivity index (χ2n) is 6.26. The molecule has 7 heteroatoms. The maximum absolute atomic E-state index is 12.5. The first-order valence-electron chi connectivity index (χ1n) is 8.82. The van der Waals surface area contributed by atoms with Crippen LogP contribution in [0.4, 0.5) is 0 Å². The van der Waals surface area contributed by atoms with Gasteiger partial charge in [0, 0.05) is 57.3 Å². The number of carbonyl (C=O) groups excluding carboxylic acids is 1. The van der Waals surface area contributed by atoms with Gasteiger partial charge in [-0.3, -0.25) is 9.69 Å². The first-order valence-corrected chi connectivity index (χ1v) is 9.81. The fourth-order valence-corrected chi connectivity index (χ4v) is 3.72. The zero-order valence-corrected chi connectivity index (χ0v) is 15.1. The molecule has 2 fully saturated rings. The summed E-state index contributed by atoms with van der Waals surface area (Å²) in [4.78, 5) is 25.6. The lowest BCUT2D eigenvalue weighted by Crippen LogP contribution is -2.41. The molecule has 0 saturated carbocycles. The molecule has 6 nitrogen and oxygen atoms in total. The molecule has 2 saturated heterocycles.